The molecule has 2 N–H and O–H groups in total. The highest BCUT2D eigenvalue weighted by Crippen LogP contribution is 2.35. The first kappa shape index (κ1) is 25.4. The first-order valence-corrected chi connectivity index (χ1v) is 12.3. The Balaban J connectivity index is 1.54. The molecule has 4 rings (SSSR count). The van der Waals surface area contributed by atoms with Crippen LogP contribution in [0.25, 0.3) is 11.4 Å². The summed E-state index contributed by atoms with van der Waals surface area (Å²) in [7, 11) is 3.21. The zero-order valence-electron chi connectivity index (χ0n) is 18.8. The normalized spacial score (nSPS) is 10.8. The molecule has 0 bridgehead atoms. The number of aromatic amines is 1. The molecule has 35 heavy (non-hydrogen) atoms. The minimum absolute atomic E-state index is 0.309. The van der Waals surface area contributed by atoms with E-state index in [0.29, 0.717) is 51.0 Å². The lowest BCUT2D eigenvalue weighted by Crippen LogP contribution is -2.16. The summed E-state index contributed by atoms with van der Waals surface area (Å²) in [5.74, 6) is 2.47. The highest BCUT2D eigenvalue weighted by atomic mass is 79.9. The summed E-state index contributed by atoms with van der Waals surface area (Å²) in [6.45, 7) is 0.740. The van der Waals surface area contributed by atoms with E-state index in [1.807, 2.05) is 42.5 Å². The molecular weight excluding hydrogens is 575 g/mol. The van der Waals surface area contributed by atoms with Crippen LogP contribution in [0.1, 0.15) is 11.1 Å². The fourth-order valence-electron chi connectivity index (χ4n) is 3.39. The Morgan fingerprint density at radius 2 is 1.77 bits per heavy atom. The molecule has 3 aromatic carbocycles. The van der Waals surface area contributed by atoms with Crippen molar-refractivity contribution < 1.29 is 14.2 Å². The molecule has 7 nitrogen and oxygen atoms in total. The second-order valence-electron chi connectivity index (χ2n) is 7.35. The van der Waals surface area contributed by atoms with Crippen LogP contribution in [-0.2, 0) is 13.2 Å². The Hall–Kier alpha value is -2.72. The third-order valence-corrected chi connectivity index (χ3v) is 6.91. The van der Waals surface area contributed by atoms with E-state index in [-0.39, 0.29) is 0 Å². The van der Waals surface area contributed by atoms with Gasteiger partial charge in [0.2, 0.25) is 4.77 Å². The summed E-state index contributed by atoms with van der Waals surface area (Å²) in [6, 6.07) is 16.7. The van der Waals surface area contributed by atoms with Crippen molar-refractivity contribution in [3.05, 3.63) is 85.0 Å². The van der Waals surface area contributed by atoms with Gasteiger partial charge in [-0.1, -0.05) is 57.3 Å². The SMILES string of the molecule is COc1cc(CNn2c(-c3ccccc3OC)n[nH]c2=S)c(Br)cc1OCc1ccc(Cl)c(Cl)c1. The maximum Gasteiger partial charge on any atom is 0.214 e. The predicted octanol–water partition coefficient (Wildman–Crippen LogP) is 7.02. The largest absolute Gasteiger partial charge is 0.496 e. The number of hydrogen-bond donors (Lipinski definition) is 2. The molecule has 4 aromatic rings. The van der Waals surface area contributed by atoms with Crippen LogP contribution in [0.15, 0.2) is 59.1 Å². The highest BCUT2D eigenvalue weighted by molar-refractivity contribution is 9.10. The Morgan fingerprint density at radius 3 is 2.51 bits per heavy atom. The quantitative estimate of drug-likeness (QED) is 0.203. The minimum Gasteiger partial charge on any atom is -0.496 e. The number of methoxy groups -OCH3 is 2. The summed E-state index contributed by atoms with van der Waals surface area (Å²) in [5.41, 5.74) is 5.94. The summed E-state index contributed by atoms with van der Waals surface area (Å²) in [5, 5.41) is 8.18. The van der Waals surface area contributed by atoms with Gasteiger partial charge in [0.1, 0.15) is 12.4 Å². The summed E-state index contributed by atoms with van der Waals surface area (Å²) in [6.07, 6.45) is 0. The smallest absolute Gasteiger partial charge is 0.214 e. The molecule has 0 aliphatic carbocycles. The van der Waals surface area contributed by atoms with Gasteiger partial charge in [-0.05, 0) is 59.7 Å². The van der Waals surface area contributed by atoms with Gasteiger partial charge in [-0.15, -0.1) is 0 Å². The number of aromatic nitrogens is 3. The molecule has 0 saturated heterocycles. The molecule has 182 valence electrons. The van der Waals surface area contributed by atoms with E-state index in [9.17, 15) is 0 Å². The lowest BCUT2D eigenvalue weighted by atomic mass is 10.2. The van der Waals surface area contributed by atoms with Crippen LogP contribution >= 0.6 is 51.3 Å². The van der Waals surface area contributed by atoms with Gasteiger partial charge in [0, 0.05) is 4.47 Å². The number of ether oxygens (including phenoxy) is 3. The molecule has 0 saturated carbocycles. The Kier molecular flexibility index (Phi) is 8.22. The maximum absolute atomic E-state index is 6.11. The number of benzene rings is 3. The van der Waals surface area contributed by atoms with Gasteiger partial charge < -0.3 is 19.6 Å². The van der Waals surface area contributed by atoms with Gasteiger partial charge in [-0.3, -0.25) is 0 Å². The van der Waals surface area contributed by atoms with Crippen LogP contribution in [0.3, 0.4) is 0 Å². The molecule has 1 aromatic heterocycles. The second kappa shape index (κ2) is 11.3. The van der Waals surface area contributed by atoms with Crippen molar-refractivity contribution in [3.8, 4) is 28.6 Å². The third kappa shape index (κ3) is 5.75. The summed E-state index contributed by atoms with van der Waals surface area (Å²) in [4.78, 5) is 0. The van der Waals surface area contributed by atoms with Gasteiger partial charge >= 0.3 is 0 Å². The van der Waals surface area contributed by atoms with Gasteiger partial charge in [0.25, 0.3) is 0 Å². The van der Waals surface area contributed by atoms with Crippen LogP contribution in [0, 0.1) is 4.77 Å². The molecule has 0 fully saturated rings. The molecule has 0 radical (unpaired) electrons. The number of halogens is 3. The lowest BCUT2D eigenvalue weighted by molar-refractivity contribution is 0.284. The lowest BCUT2D eigenvalue weighted by Gasteiger charge is -2.16. The summed E-state index contributed by atoms with van der Waals surface area (Å²) < 4.78 is 20.0. The first-order valence-electron chi connectivity index (χ1n) is 10.4. The number of rotatable bonds is 9. The first-order chi connectivity index (χ1) is 16.9. The van der Waals surface area contributed by atoms with Gasteiger partial charge in [-0.25, -0.2) is 9.77 Å². The topological polar surface area (TPSA) is 73.3 Å². The third-order valence-electron chi connectivity index (χ3n) is 5.16. The van der Waals surface area contributed by atoms with Crippen LogP contribution in [0.5, 0.6) is 17.2 Å². The molecule has 0 aliphatic heterocycles. The predicted molar refractivity (Wildman–Crippen MR) is 144 cm³/mol. The molecule has 0 atom stereocenters. The van der Waals surface area contributed by atoms with Crippen LogP contribution < -0.4 is 19.6 Å². The number of para-hydroxylation sites is 1. The average molecular weight is 596 g/mol. The number of hydrogen-bond acceptors (Lipinski definition) is 6. The average Bonchev–Trinajstić information content (AvgIpc) is 3.23. The molecule has 1 heterocycles. The van der Waals surface area contributed by atoms with E-state index >= 15 is 0 Å². The fraction of sp³-hybridized carbons (Fsp3) is 0.167. The van der Waals surface area contributed by atoms with Crippen LogP contribution in [0.2, 0.25) is 10.0 Å². The summed E-state index contributed by atoms with van der Waals surface area (Å²) >= 11 is 21.2. The molecule has 0 amide bonds. The van der Waals surface area contributed by atoms with Gasteiger partial charge in [-0.2, -0.15) is 5.10 Å². The van der Waals surface area contributed by atoms with E-state index in [4.69, 9.17) is 49.6 Å². The minimum atomic E-state index is 0.309. The van der Waals surface area contributed by atoms with Gasteiger partial charge in [0.15, 0.2) is 17.3 Å². The monoisotopic (exact) mass is 594 g/mol. The number of nitrogens with one attached hydrogen (secondary N) is 2. The van der Waals surface area contributed by atoms with E-state index in [2.05, 4.69) is 31.6 Å². The molecular formula is C24H21BrCl2N4O3S. The molecule has 0 unspecified atom stereocenters. The van der Waals surface area contributed by atoms with Crippen molar-refractivity contribution in [2.75, 3.05) is 19.6 Å². The second-order valence-corrected chi connectivity index (χ2v) is 9.41. The fourth-order valence-corrected chi connectivity index (χ4v) is 4.37. The zero-order valence-corrected chi connectivity index (χ0v) is 22.7. The standard InChI is InChI=1S/C24H21BrCl2N4O3S/c1-32-20-6-4-3-5-16(20)23-29-30-24(35)31(23)28-12-15-10-21(33-2)22(11-17(15)25)34-13-14-7-8-18(26)19(27)9-14/h3-11,28H,12-13H2,1-2H3,(H,30,35). The molecule has 0 aliphatic rings. The van der Waals surface area contributed by atoms with E-state index < -0.39 is 0 Å². The zero-order chi connectivity index (χ0) is 24.9. The maximum atomic E-state index is 6.11. The van der Waals surface area contributed by atoms with E-state index in [1.165, 1.54) is 0 Å². The highest BCUT2D eigenvalue weighted by Gasteiger charge is 2.15. The van der Waals surface area contributed by atoms with E-state index in [1.54, 1.807) is 31.0 Å². The van der Waals surface area contributed by atoms with Crippen molar-refractivity contribution >= 4 is 51.3 Å². The van der Waals surface area contributed by atoms with Crippen LogP contribution in [-0.4, -0.2) is 29.1 Å². The van der Waals surface area contributed by atoms with Crippen molar-refractivity contribution in [3.63, 3.8) is 0 Å². The van der Waals surface area contributed by atoms with Crippen molar-refractivity contribution in [2.24, 2.45) is 0 Å². The Labute approximate surface area is 226 Å². The molecule has 0 spiro atoms. The number of H-pyrrole nitrogens is 1. The van der Waals surface area contributed by atoms with Crippen molar-refractivity contribution in [2.45, 2.75) is 13.2 Å². The Bertz CT molecular complexity index is 1410. The van der Waals surface area contributed by atoms with E-state index in [0.717, 1.165) is 21.2 Å². The number of nitrogens with zero attached hydrogens (tertiary/aromatic N) is 2. The van der Waals surface area contributed by atoms with Gasteiger partial charge in [0.05, 0.1) is 36.4 Å². The van der Waals surface area contributed by atoms with Crippen molar-refractivity contribution in [1.82, 2.24) is 14.9 Å². The van der Waals surface area contributed by atoms with Crippen LogP contribution in [0.4, 0.5) is 0 Å². The van der Waals surface area contributed by atoms with Crippen molar-refractivity contribution in [1.29, 1.82) is 0 Å². The molecule has 11 heteroatoms. The Morgan fingerprint density at radius 1 is 1.00 bits per heavy atom.